The molecule has 1 aliphatic heterocycles. The van der Waals surface area contributed by atoms with Crippen LogP contribution in [0.5, 0.6) is 0 Å². The summed E-state index contributed by atoms with van der Waals surface area (Å²) in [7, 11) is 0. The number of fused-ring (bicyclic) bond motifs is 1. The highest BCUT2D eigenvalue weighted by Gasteiger charge is 2.11. The molecule has 0 radical (unpaired) electrons. The SMILES string of the molecule is CC(C)c1ncc2c(n1)CC=N2. The Labute approximate surface area is 71.6 Å². The maximum Gasteiger partial charge on any atom is 0.131 e. The first-order chi connectivity index (χ1) is 5.77. The van der Waals surface area contributed by atoms with Crippen molar-refractivity contribution >= 4 is 11.9 Å². The van der Waals surface area contributed by atoms with Crippen molar-refractivity contribution in [2.75, 3.05) is 0 Å². The third-order valence-corrected chi connectivity index (χ3v) is 1.90. The minimum absolute atomic E-state index is 0.399. The van der Waals surface area contributed by atoms with E-state index in [9.17, 15) is 0 Å². The second-order valence-electron chi connectivity index (χ2n) is 3.23. The van der Waals surface area contributed by atoms with E-state index in [1.165, 1.54) is 0 Å². The summed E-state index contributed by atoms with van der Waals surface area (Å²) in [6.07, 6.45) is 4.54. The van der Waals surface area contributed by atoms with Crippen LogP contribution in [0.15, 0.2) is 11.2 Å². The average Bonchev–Trinajstić information content (AvgIpc) is 2.49. The van der Waals surface area contributed by atoms with Crippen molar-refractivity contribution in [1.82, 2.24) is 9.97 Å². The van der Waals surface area contributed by atoms with Gasteiger partial charge in [0.1, 0.15) is 11.5 Å². The van der Waals surface area contributed by atoms with Gasteiger partial charge in [-0.1, -0.05) is 13.8 Å². The van der Waals surface area contributed by atoms with Crippen LogP contribution in [0, 0.1) is 0 Å². The lowest BCUT2D eigenvalue weighted by Gasteiger charge is -2.03. The molecule has 1 aromatic rings. The molecule has 62 valence electrons. The molecule has 1 aliphatic rings. The molecule has 0 aliphatic carbocycles. The van der Waals surface area contributed by atoms with Gasteiger partial charge in [0.2, 0.25) is 0 Å². The van der Waals surface area contributed by atoms with Gasteiger partial charge in [-0.3, -0.25) is 4.99 Å². The van der Waals surface area contributed by atoms with Crippen LogP contribution in [-0.4, -0.2) is 16.2 Å². The number of nitrogens with zero attached hydrogens (tertiary/aromatic N) is 3. The lowest BCUT2D eigenvalue weighted by atomic mass is 10.2. The Kier molecular flexibility index (Phi) is 1.64. The van der Waals surface area contributed by atoms with Crippen LogP contribution in [0.3, 0.4) is 0 Å². The molecule has 0 fully saturated rings. The number of aliphatic imine (C=N–C) groups is 1. The smallest absolute Gasteiger partial charge is 0.131 e. The maximum atomic E-state index is 4.42. The molecule has 0 unspecified atom stereocenters. The molecular weight excluding hydrogens is 150 g/mol. The summed E-state index contributed by atoms with van der Waals surface area (Å²) in [5, 5.41) is 0. The van der Waals surface area contributed by atoms with E-state index in [1.807, 2.05) is 6.21 Å². The quantitative estimate of drug-likeness (QED) is 0.630. The Bertz CT molecular complexity index is 329. The van der Waals surface area contributed by atoms with Gasteiger partial charge < -0.3 is 0 Å². The zero-order valence-electron chi connectivity index (χ0n) is 7.28. The first-order valence-corrected chi connectivity index (χ1v) is 4.15. The van der Waals surface area contributed by atoms with Crippen LogP contribution in [0.1, 0.15) is 31.3 Å². The van der Waals surface area contributed by atoms with Gasteiger partial charge in [0.25, 0.3) is 0 Å². The highest BCUT2D eigenvalue weighted by Crippen LogP contribution is 2.22. The van der Waals surface area contributed by atoms with Gasteiger partial charge in [0.15, 0.2) is 0 Å². The average molecular weight is 161 g/mol. The lowest BCUT2D eigenvalue weighted by molar-refractivity contribution is 0.766. The first-order valence-electron chi connectivity index (χ1n) is 4.15. The lowest BCUT2D eigenvalue weighted by Crippen LogP contribution is -1.99. The molecule has 3 nitrogen and oxygen atoms in total. The molecule has 2 heterocycles. The normalized spacial score (nSPS) is 13.9. The molecule has 0 spiro atoms. The molecule has 2 rings (SSSR count). The van der Waals surface area contributed by atoms with E-state index in [4.69, 9.17) is 0 Å². The highest BCUT2D eigenvalue weighted by molar-refractivity contribution is 5.73. The summed E-state index contributed by atoms with van der Waals surface area (Å²) in [5.41, 5.74) is 1.99. The first kappa shape index (κ1) is 7.40. The van der Waals surface area contributed by atoms with Crippen LogP contribution in [0.25, 0.3) is 0 Å². The monoisotopic (exact) mass is 161 g/mol. The van der Waals surface area contributed by atoms with Crippen molar-refractivity contribution in [1.29, 1.82) is 0 Å². The topological polar surface area (TPSA) is 38.1 Å². The number of hydrogen-bond acceptors (Lipinski definition) is 3. The molecule has 12 heavy (non-hydrogen) atoms. The minimum Gasteiger partial charge on any atom is -0.257 e. The van der Waals surface area contributed by atoms with Crippen molar-refractivity contribution in [3.8, 4) is 0 Å². The fourth-order valence-electron chi connectivity index (χ4n) is 1.19. The van der Waals surface area contributed by atoms with E-state index < -0.39 is 0 Å². The van der Waals surface area contributed by atoms with E-state index in [2.05, 4.69) is 28.8 Å². The zero-order chi connectivity index (χ0) is 8.55. The predicted molar refractivity (Wildman–Crippen MR) is 48.0 cm³/mol. The third kappa shape index (κ3) is 1.11. The van der Waals surface area contributed by atoms with Crippen LogP contribution in [0.4, 0.5) is 5.69 Å². The molecule has 1 aromatic heterocycles. The Balaban J connectivity index is 2.42. The fourth-order valence-corrected chi connectivity index (χ4v) is 1.19. The summed E-state index contributed by atoms with van der Waals surface area (Å²) < 4.78 is 0. The Morgan fingerprint density at radius 3 is 3.00 bits per heavy atom. The minimum atomic E-state index is 0.399. The third-order valence-electron chi connectivity index (χ3n) is 1.90. The molecule has 0 atom stereocenters. The van der Waals surface area contributed by atoms with Crippen molar-refractivity contribution in [3.05, 3.63) is 17.7 Å². The summed E-state index contributed by atoms with van der Waals surface area (Å²) >= 11 is 0. The van der Waals surface area contributed by atoms with E-state index in [-0.39, 0.29) is 0 Å². The molecule has 0 amide bonds. The summed E-state index contributed by atoms with van der Waals surface area (Å²) in [4.78, 5) is 12.8. The Morgan fingerprint density at radius 2 is 2.25 bits per heavy atom. The molecule has 0 N–H and O–H groups in total. The van der Waals surface area contributed by atoms with E-state index in [0.717, 1.165) is 23.6 Å². The van der Waals surface area contributed by atoms with Gasteiger partial charge in [0, 0.05) is 18.6 Å². The van der Waals surface area contributed by atoms with E-state index in [0.29, 0.717) is 5.92 Å². The van der Waals surface area contributed by atoms with Gasteiger partial charge in [-0.05, 0) is 0 Å². The van der Waals surface area contributed by atoms with Gasteiger partial charge >= 0.3 is 0 Å². The maximum absolute atomic E-state index is 4.42. The van der Waals surface area contributed by atoms with Crippen molar-refractivity contribution < 1.29 is 0 Å². The predicted octanol–water partition coefficient (Wildman–Crippen LogP) is 1.86. The van der Waals surface area contributed by atoms with Crippen LogP contribution in [-0.2, 0) is 6.42 Å². The number of rotatable bonds is 1. The molecule has 3 heteroatoms. The van der Waals surface area contributed by atoms with Gasteiger partial charge in [-0.2, -0.15) is 0 Å². The van der Waals surface area contributed by atoms with Gasteiger partial charge in [0.05, 0.1) is 11.9 Å². The molecule has 0 saturated carbocycles. The highest BCUT2D eigenvalue weighted by atomic mass is 14.9. The van der Waals surface area contributed by atoms with E-state index >= 15 is 0 Å². The second-order valence-corrected chi connectivity index (χ2v) is 3.23. The zero-order valence-corrected chi connectivity index (χ0v) is 7.28. The fraction of sp³-hybridized carbons (Fsp3) is 0.444. The summed E-state index contributed by atoms with van der Waals surface area (Å²) in [6.45, 7) is 4.19. The molecular formula is C9H11N3. The standard InChI is InChI=1S/C9H11N3/c1-6(2)9-11-5-8-7(12-9)3-4-10-8/h4-6H,3H2,1-2H3. The van der Waals surface area contributed by atoms with Crippen molar-refractivity contribution in [2.24, 2.45) is 4.99 Å². The second kappa shape index (κ2) is 2.66. The van der Waals surface area contributed by atoms with Crippen molar-refractivity contribution in [2.45, 2.75) is 26.2 Å². The largest absolute Gasteiger partial charge is 0.257 e. The summed E-state index contributed by atoms with van der Waals surface area (Å²) in [6, 6.07) is 0. The van der Waals surface area contributed by atoms with E-state index in [1.54, 1.807) is 6.20 Å². The summed E-state index contributed by atoms with van der Waals surface area (Å²) in [5.74, 6) is 1.31. The van der Waals surface area contributed by atoms with Crippen molar-refractivity contribution in [3.63, 3.8) is 0 Å². The Morgan fingerprint density at radius 1 is 1.42 bits per heavy atom. The van der Waals surface area contributed by atoms with Gasteiger partial charge in [-0.25, -0.2) is 9.97 Å². The van der Waals surface area contributed by atoms with Gasteiger partial charge in [-0.15, -0.1) is 0 Å². The molecule has 0 bridgehead atoms. The Hall–Kier alpha value is -1.25. The van der Waals surface area contributed by atoms with Crippen LogP contribution < -0.4 is 0 Å². The van der Waals surface area contributed by atoms with Crippen LogP contribution >= 0.6 is 0 Å². The molecule has 0 saturated heterocycles. The number of hydrogen-bond donors (Lipinski definition) is 0. The van der Waals surface area contributed by atoms with Crippen LogP contribution in [0.2, 0.25) is 0 Å². The molecule has 0 aromatic carbocycles. The number of aromatic nitrogens is 2.